The highest BCUT2D eigenvalue weighted by Crippen LogP contribution is 2.41. The SMILES string of the molecule is COc1cccc(OC)c1-c1cc(C(=O)O)nn1-c1ccc(S(=O)(=O)N(C)C)c2ccccc12. The summed E-state index contributed by atoms with van der Waals surface area (Å²) in [6.07, 6.45) is 0. The summed E-state index contributed by atoms with van der Waals surface area (Å²) < 4.78 is 39.5. The Kier molecular flexibility index (Phi) is 6.03. The Balaban J connectivity index is 2.09. The molecule has 3 aromatic carbocycles. The van der Waals surface area contributed by atoms with E-state index in [1.54, 1.807) is 48.5 Å². The highest BCUT2D eigenvalue weighted by Gasteiger charge is 2.25. The van der Waals surface area contributed by atoms with Gasteiger partial charge < -0.3 is 14.6 Å². The number of carbonyl (C=O) groups is 1. The fourth-order valence-electron chi connectivity index (χ4n) is 3.81. The zero-order valence-corrected chi connectivity index (χ0v) is 19.8. The number of carboxylic acids is 1. The number of hydrogen-bond donors (Lipinski definition) is 1. The average Bonchev–Trinajstić information content (AvgIpc) is 3.27. The first-order valence-electron chi connectivity index (χ1n) is 10.2. The van der Waals surface area contributed by atoms with Gasteiger partial charge in [0, 0.05) is 24.9 Å². The van der Waals surface area contributed by atoms with E-state index in [9.17, 15) is 18.3 Å². The highest BCUT2D eigenvalue weighted by molar-refractivity contribution is 7.89. The van der Waals surface area contributed by atoms with Crippen LogP contribution in [-0.4, -0.2) is 61.9 Å². The fraction of sp³-hybridized carbons (Fsp3) is 0.167. The normalized spacial score (nSPS) is 11.7. The van der Waals surface area contributed by atoms with Crippen LogP contribution in [0.4, 0.5) is 0 Å². The third kappa shape index (κ3) is 3.76. The molecular formula is C24H23N3O6S. The van der Waals surface area contributed by atoms with Gasteiger partial charge in [-0.1, -0.05) is 30.3 Å². The quantitative estimate of drug-likeness (QED) is 0.429. The maximum absolute atomic E-state index is 12.9. The number of methoxy groups -OCH3 is 2. The lowest BCUT2D eigenvalue weighted by Gasteiger charge is -2.18. The fourth-order valence-corrected chi connectivity index (χ4v) is 4.90. The molecule has 0 aliphatic carbocycles. The van der Waals surface area contributed by atoms with E-state index in [4.69, 9.17) is 9.47 Å². The maximum Gasteiger partial charge on any atom is 0.356 e. The van der Waals surface area contributed by atoms with E-state index in [-0.39, 0.29) is 10.6 Å². The van der Waals surface area contributed by atoms with Crippen molar-refractivity contribution in [2.24, 2.45) is 0 Å². The molecule has 0 unspecified atom stereocenters. The summed E-state index contributed by atoms with van der Waals surface area (Å²) in [7, 11) is 2.23. The van der Waals surface area contributed by atoms with Crippen molar-refractivity contribution in [3.05, 3.63) is 66.4 Å². The number of hydrogen-bond acceptors (Lipinski definition) is 6. The highest BCUT2D eigenvalue weighted by atomic mass is 32.2. The number of fused-ring (bicyclic) bond motifs is 1. The molecular weight excluding hydrogens is 458 g/mol. The van der Waals surface area contributed by atoms with E-state index in [0.717, 1.165) is 4.31 Å². The molecule has 1 aromatic heterocycles. The number of benzene rings is 3. The van der Waals surface area contributed by atoms with Gasteiger partial charge in [0.1, 0.15) is 11.5 Å². The first-order chi connectivity index (χ1) is 16.2. The van der Waals surface area contributed by atoms with Crippen LogP contribution in [0.5, 0.6) is 11.5 Å². The molecule has 176 valence electrons. The van der Waals surface area contributed by atoms with E-state index >= 15 is 0 Å². The minimum atomic E-state index is -3.72. The molecule has 9 nitrogen and oxygen atoms in total. The van der Waals surface area contributed by atoms with Crippen molar-refractivity contribution < 1.29 is 27.8 Å². The molecule has 0 aliphatic heterocycles. The third-order valence-electron chi connectivity index (χ3n) is 5.46. The van der Waals surface area contributed by atoms with E-state index < -0.39 is 16.0 Å². The monoisotopic (exact) mass is 481 g/mol. The van der Waals surface area contributed by atoms with Crippen LogP contribution in [0.25, 0.3) is 27.7 Å². The summed E-state index contributed by atoms with van der Waals surface area (Å²) in [4.78, 5) is 12.0. The second-order valence-corrected chi connectivity index (χ2v) is 9.71. The molecule has 0 spiro atoms. The lowest BCUT2D eigenvalue weighted by Crippen LogP contribution is -2.22. The molecule has 0 atom stereocenters. The zero-order valence-electron chi connectivity index (χ0n) is 19.0. The van der Waals surface area contributed by atoms with Gasteiger partial charge in [-0.05, 0) is 30.3 Å². The summed E-state index contributed by atoms with van der Waals surface area (Å²) in [5.74, 6) is -0.271. The van der Waals surface area contributed by atoms with Crippen molar-refractivity contribution in [1.82, 2.24) is 14.1 Å². The predicted molar refractivity (Wildman–Crippen MR) is 127 cm³/mol. The molecule has 4 aromatic rings. The van der Waals surface area contributed by atoms with Crippen molar-refractivity contribution in [3.8, 4) is 28.4 Å². The Morgan fingerprint density at radius 1 is 0.941 bits per heavy atom. The van der Waals surface area contributed by atoms with Crippen molar-refractivity contribution in [2.45, 2.75) is 4.90 Å². The summed E-state index contributed by atoms with van der Waals surface area (Å²) in [5.41, 5.74) is 1.25. The molecule has 0 saturated heterocycles. The van der Waals surface area contributed by atoms with Gasteiger partial charge in [-0.25, -0.2) is 22.2 Å². The molecule has 0 fully saturated rings. The molecule has 0 bridgehead atoms. The van der Waals surface area contributed by atoms with Crippen LogP contribution in [-0.2, 0) is 10.0 Å². The van der Waals surface area contributed by atoms with Gasteiger partial charge in [0.2, 0.25) is 10.0 Å². The molecule has 1 N–H and O–H groups in total. The molecule has 0 saturated carbocycles. The first-order valence-corrected chi connectivity index (χ1v) is 11.6. The van der Waals surface area contributed by atoms with E-state index in [1.165, 1.54) is 45.1 Å². The number of ether oxygens (including phenoxy) is 2. The summed E-state index contributed by atoms with van der Waals surface area (Å²) >= 11 is 0. The molecule has 1 heterocycles. The van der Waals surface area contributed by atoms with E-state index in [0.29, 0.717) is 39.2 Å². The summed E-state index contributed by atoms with van der Waals surface area (Å²) in [5, 5.41) is 15.1. The molecule has 0 aliphatic rings. The van der Waals surface area contributed by atoms with Crippen LogP contribution in [0.2, 0.25) is 0 Å². The largest absolute Gasteiger partial charge is 0.496 e. The van der Waals surface area contributed by atoms with E-state index in [2.05, 4.69) is 5.10 Å². The minimum Gasteiger partial charge on any atom is -0.496 e. The van der Waals surface area contributed by atoms with Gasteiger partial charge >= 0.3 is 5.97 Å². The number of aromatic carboxylic acids is 1. The Bertz CT molecular complexity index is 1490. The van der Waals surface area contributed by atoms with Gasteiger partial charge in [0.05, 0.1) is 36.1 Å². The zero-order chi connectivity index (χ0) is 24.6. The van der Waals surface area contributed by atoms with E-state index in [1.807, 2.05) is 0 Å². The number of carboxylic acid groups (broad SMARTS) is 1. The smallest absolute Gasteiger partial charge is 0.356 e. The maximum atomic E-state index is 12.9. The molecule has 10 heteroatoms. The average molecular weight is 482 g/mol. The Hall–Kier alpha value is -3.89. The van der Waals surface area contributed by atoms with Gasteiger partial charge in [0.15, 0.2) is 5.69 Å². The number of rotatable bonds is 7. The molecule has 0 radical (unpaired) electrons. The van der Waals surface area contributed by atoms with Crippen LogP contribution < -0.4 is 9.47 Å². The van der Waals surface area contributed by atoms with Crippen LogP contribution in [0.3, 0.4) is 0 Å². The predicted octanol–water partition coefficient (Wildman–Crippen LogP) is 3.66. The molecule has 34 heavy (non-hydrogen) atoms. The number of aromatic nitrogens is 2. The number of sulfonamides is 1. The Morgan fingerprint density at radius 2 is 1.56 bits per heavy atom. The Morgan fingerprint density at radius 3 is 2.12 bits per heavy atom. The topological polar surface area (TPSA) is 111 Å². The second-order valence-electron chi connectivity index (χ2n) is 7.59. The van der Waals surface area contributed by atoms with Gasteiger partial charge in [-0.3, -0.25) is 0 Å². The van der Waals surface area contributed by atoms with Crippen LogP contribution >= 0.6 is 0 Å². The van der Waals surface area contributed by atoms with Crippen LogP contribution in [0.15, 0.2) is 65.6 Å². The summed E-state index contributed by atoms with van der Waals surface area (Å²) in [6, 6.07) is 16.8. The standard InChI is InChI=1S/C24H23N3O6S/c1-26(2)34(30,31)22-13-12-18(15-8-5-6-9-16(15)22)27-19(14-17(25-27)24(28)29)23-20(32-3)10-7-11-21(23)33-4/h5-14H,1-4H3,(H,28,29). The molecule has 4 rings (SSSR count). The first kappa shape index (κ1) is 23.3. The van der Waals surface area contributed by atoms with Crippen molar-refractivity contribution >= 4 is 26.8 Å². The third-order valence-corrected chi connectivity index (χ3v) is 7.33. The lowest BCUT2D eigenvalue weighted by atomic mass is 10.1. The van der Waals surface area contributed by atoms with Gasteiger partial charge in [0.25, 0.3) is 0 Å². The van der Waals surface area contributed by atoms with Crippen LogP contribution in [0, 0.1) is 0 Å². The van der Waals surface area contributed by atoms with Gasteiger partial charge in [-0.15, -0.1) is 0 Å². The lowest BCUT2D eigenvalue weighted by molar-refractivity contribution is 0.0690. The Labute approximate surface area is 196 Å². The minimum absolute atomic E-state index is 0.138. The van der Waals surface area contributed by atoms with Gasteiger partial charge in [-0.2, -0.15) is 5.10 Å². The van der Waals surface area contributed by atoms with Crippen molar-refractivity contribution in [1.29, 1.82) is 0 Å². The summed E-state index contributed by atoms with van der Waals surface area (Å²) in [6.45, 7) is 0. The van der Waals surface area contributed by atoms with Crippen LogP contribution in [0.1, 0.15) is 10.5 Å². The second kappa shape index (κ2) is 8.81. The van der Waals surface area contributed by atoms with Crippen molar-refractivity contribution in [3.63, 3.8) is 0 Å². The number of nitrogens with zero attached hydrogens (tertiary/aromatic N) is 3. The molecule has 0 amide bonds. The van der Waals surface area contributed by atoms with Crippen molar-refractivity contribution in [2.75, 3.05) is 28.3 Å².